The highest BCUT2D eigenvalue weighted by Gasteiger charge is 2.16. The number of nitrogen functional groups attached to an aromatic ring is 1. The summed E-state index contributed by atoms with van der Waals surface area (Å²) in [6, 6.07) is 8.30. The molecule has 0 saturated carbocycles. The molecule has 25 heavy (non-hydrogen) atoms. The summed E-state index contributed by atoms with van der Waals surface area (Å²) < 4.78 is 26.6. The second-order valence-electron chi connectivity index (χ2n) is 5.61. The SMILES string of the molecule is CC(C)NS(=O)(=O)c1ccc(C(=O)Nc2cc(Cl)c(N)c(Cl)c2)cc1. The largest absolute Gasteiger partial charge is 0.396 e. The number of carbonyl (C=O) groups excluding carboxylic acids is 1. The fourth-order valence-electron chi connectivity index (χ4n) is 2.02. The third kappa shape index (κ3) is 4.85. The van der Waals surface area contributed by atoms with Gasteiger partial charge in [0.25, 0.3) is 5.91 Å². The number of nitrogens with two attached hydrogens (primary N) is 1. The van der Waals surface area contributed by atoms with Crippen molar-refractivity contribution in [1.29, 1.82) is 0 Å². The van der Waals surface area contributed by atoms with E-state index in [-0.39, 0.29) is 32.2 Å². The predicted octanol–water partition coefficient (Wildman–Crippen LogP) is 3.51. The molecule has 0 radical (unpaired) electrons. The number of halogens is 2. The van der Waals surface area contributed by atoms with Crippen LogP contribution in [-0.4, -0.2) is 20.4 Å². The average Bonchev–Trinajstić information content (AvgIpc) is 2.51. The number of carbonyl (C=O) groups is 1. The van der Waals surface area contributed by atoms with E-state index in [9.17, 15) is 13.2 Å². The van der Waals surface area contributed by atoms with Crippen molar-refractivity contribution in [3.05, 3.63) is 52.0 Å². The molecule has 0 unspecified atom stereocenters. The number of benzene rings is 2. The molecule has 2 rings (SSSR count). The lowest BCUT2D eigenvalue weighted by Gasteiger charge is -2.11. The maximum Gasteiger partial charge on any atom is 0.255 e. The maximum atomic E-state index is 12.3. The summed E-state index contributed by atoms with van der Waals surface area (Å²) in [7, 11) is -3.61. The molecule has 0 bridgehead atoms. The van der Waals surface area contributed by atoms with Gasteiger partial charge in [-0.25, -0.2) is 13.1 Å². The Morgan fingerprint density at radius 2 is 1.60 bits per heavy atom. The quantitative estimate of drug-likeness (QED) is 0.666. The van der Waals surface area contributed by atoms with Crippen molar-refractivity contribution in [3.63, 3.8) is 0 Å². The van der Waals surface area contributed by atoms with Crippen LogP contribution in [-0.2, 0) is 10.0 Å². The van der Waals surface area contributed by atoms with Crippen LogP contribution in [0.3, 0.4) is 0 Å². The maximum absolute atomic E-state index is 12.3. The third-order valence-corrected chi connectivity index (χ3v) is 5.45. The number of hydrogen-bond acceptors (Lipinski definition) is 4. The van der Waals surface area contributed by atoms with Gasteiger partial charge < -0.3 is 11.1 Å². The lowest BCUT2D eigenvalue weighted by atomic mass is 10.2. The van der Waals surface area contributed by atoms with Crippen LogP contribution in [0.5, 0.6) is 0 Å². The average molecular weight is 402 g/mol. The Bertz CT molecular complexity index is 874. The molecule has 0 aliphatic carbocycles. The molecule has 9 heteroatoms. The van der Waals surface area contributed by atoms with Crippen LogP contribution in [0.4, 0.5) is 11.4 Å². The topological polar surface area (TPSA) is 101 Å². The summed E-state index contributed by atoms with van der Waals surface area (Å²) in [6.45, 7) is 3.45. The van der Waals surface area contributed by atoms with Crippen molar-refractivity contribution in [2.24, 2.45) is 0 Å². The van der Waals surface area contributed by atoms with Crippen LogP contribution < -0.4 is 15.8 Å². The number of anilines is 2. The first-order valence-corrected chi connectivity index (χ1v) is 9.52. The lowest BCUT2D eigenvalue weighted by Crippen LogP contribution is -2.30. The summed E-state index contributed by atoms with van der Waals surface area (Å²) >= 11 is 11.9. The molecule has 0 aliphatic heterocycles. The van der Waals surface area contributed by atoms with Gasteiger partial charge in [0.1, 0.15) is 0 Å². The van der Waals surface area contributed by atoms with E-state index < -0.39 is 15.9 Å². The molecule has 6 nitrogen and oxygen atoms in total. The molecule has 4 N–H and O–H groups in total. The van der Waals surface area contributed by atoms with E-state index in [0.717, 1.165) is 0 Å². The molecular weight excluding hydrogens is 385 g/mol. The van der Waals surface area contributed by atoms with Crippen LogP contribution in [0.25, 0.3) is 0 Å². The zero-order valence-corrected chi connectivity index (χ0v) is 15.8. The zero-order valence-electron chi connectivity index (χ0n) is 13.5. The van der Waals surface area contributed by atoms with E-state index >= 15 is 0 Å². The molecule has 0 aromatic heterocycles. The number of nitrogens with one attached hydrogen (secondary N) is 2. The van der Waals surface area contributed by atoms with Crippen molar-refractivity contribution < 1.29 is 13.2 Å². The Balaban J connectivity index is 2.18. The molecule has 0 fully saturated rings. The predicted molar refractivity (Wildman–Crippen MR) is 101 cm³/mol. The first-order chi connectivity index (χ1) is 11.6. The fourth-order valence-corrected chi connectivity index (χ4v) is 3.76. The highest BCUT2D eigenvalue weighted by molar-refractivity contribution is 7.89. The van der Waals surface area contributed by atoms with Crippen molar-refractivity contribution in [1.82, 2.24) is 4.72 Å². The van der Waals surface area contributed by atoms with Crippen molar-refractivity contribution >= 4 is 50.5 Å². The summed E-state index contributed by atoms with van der Waals surface area (Å²) in [6.07, 6.45) is 0. The van der Waals surface area contributed by atoms with E-state index in [4.69, 9.17) is 28.9 Å². The van der Waals surface area contributed by atoms with Crippen LogP contribution in [0.15, 0.2) is 41.3 Å². The molecule has 0 spiro atoms. The van der Waals surface area contributed by atoms with E-state index in [1.54, 1.807) is 13.8 Å². The third-order valence-electron chi connectivity index (χ3n) is 3.15. The van der Waals surface area contributed by atoms with Gasteiger partial charge in [-0.2, -0.15) is 0 Å². The van der Waals surface area contributed by atoms with Gasteiger partial charge in [0, 0.05) is 17.3 Å². The second-order valence-corrected chi connectivity index (χ2v) is 8.14. The Kier molecular flexibility index (Phi) is 5.95. The Hall–Kier alpha value is -1.80. The Morgan fingerprint density at radius 1 is 1.08 bits per heavy atom. The number of sulfonamides is 1. The molecule has 2 aromatic carbocycles. The Morgan fingerprint density at radius 3 is 2.08 bits per heavy atom. The zero-order chi connectivity index (χ0) is 18.8. The minimum Gasteiger partial charge on any atom is -0.396 e. The molecule has 2 aromatic rings. The molecule has 1 amide bonds. The number of amides is 1. The number of rotatable bonds is 5. The van der Waals surface area contributed by atoms with Crippen LogP contribution in [0.1, 0.15) is 24.2 Å². The van der Waals surface area contributed by atoms with Gasteiger partial charge in [-0.3, -0.25) is 4.79 Å². The smallest absolute Gasteiger partial charge is 0.255 e. The van der Waals surface area contributed by atoms with Gasteiger partial charge in [0.05, 0.1) is 20.6 Å². The van der Waals surface area contributed by atoms with E-state index in [2.05, 4.69) is 10.0 Å². The highest BCUT2D eigenvalue weighted by atomic mass is 35.5. The minimum atomic E-state index is -3.61. The van der Waals surface area contributed by atoms with Gasteiger partial charge in [0.15, 0.2) is 0 Å². The minimum absolute atomic E-state index is 0.0799. The van der Waals surface area contributed by atoms with Crippen LogP contribution in [0, 0.1) is 0 Å². The van der Waals surface area contributed by atoms with E-state index in [1.165, 1.54) is 36.4 Å². The first-order valence-electron chi connectivity index (χ1n) is 7.28. The van der Waals surface area contributed by atoms with Gasteiger partial charge in [-0.15, -0.1) is 0 Å². The van der Waals surface area contributed by atoms with Gasteiger partial charge in [0.2, 0.25) is 10.0 Å². The van der Waals surface area contributed by atoms with Crippen LogP contribution in [0.2, 0.25) is 10.0 Å². The first kappa shape index (κ1) is 19.5. The molecule has 0 atom stereocenters. The normalized spacial score (nSPS) is 11.6. The van der Waals surface area contributed by atoms with E-state index in [0.29, 0.717) is 5.69 Å². The number of hydrogen-bond donors (Lipinski definition) is 3. The van der Waals surface area contributed by atoms with E-state index in [1.807, 2.05) is 0 Å². The Labute approximate surface area is 156 Å². The summed E-state index contributed by atoms with van der Waals surface area (Å²) in [4.78, 5) is 12.3. The van der Waals surface area contributed by atoms with Crippen molar-refractivity contribution in [2.75, 3.05) is 11.1 Å². The van der Waals surface area contributed by atoms with Crippen molar-refractivity contribution in [2.45, 2.75) is 24.8 Å². The molecule has 134 valence electrons. The molecule has 0 aliphatic rings. The second kappa shape index (κ2) is 7.61. The standard InChI is InChI=1S/C16H17Cl2N3O3S/c1-9(2)21-25(23,24)12-5-3-10(4-6-12)16(22)20-11-7-13(17)15(19)14(18)8-11/h3-9,21H,19H2,1-2H3,(H,20,22). The van der Waals surface area contributed by atoms with Gasteiger partial charge in [-0.05, 0) is 50.2 Å². The lowest BCUT2D eigenvalue weighted by molar-refractivity contribution is 0.102. The summed E-state index contributed by atoms with van der Waals surface area (Å²) in [5, 5.41) is 3.08. The molecule has 0 heterocycles. The van der Waals surface area contributed by atoms with Crippen LogP contribution >= 0.6 is 23.2 Å². The molecular formula is C16H17Cl2N3O3S. The van der Waals surface area contributed by atoms with Gasteiger partial charge in [-0.1, -0.05) is 23.2 Å². The fraction of sp³-hybridized carbons (Fsp3) is 0.188. The summed E-state index contributed by atoms with van der Waals surface area (Å²) in [5.74, 6) is -0.433. The monoisotopic (exact) mass is 401 g/mol. The summed E-state index contributed by atoms with van der Waals surface area (Å²) in [5.41, 5.74) is 6.54. The van der Waals surface area contributed by atoms with Crippen molar-refractivity contribution in [3.8, 4) is 0 Å². The highest BCUT2D eigenvalue weighted by Crippen LogP contribution is 2.31. The molecule has 0 saturated heterocycles. The van der Waals surface area contributed by atoms with Gasteiger partial charge >= 0.3 is 0 Å².